The molecule has 18 heavy (non-hydrogen) atoms. The predicted octanol–water partition coefficient (Wildman–Crippen LogP) is 2.28. The zero-order valence-electron chi connectivity index (χ0n) is 10.3. The van der Waals surface area contributed by atoms with Gasteiger partial charge < -0.3 is 5.73 Å². The number of rotatable bonds is 7. The van der Waals surface area contributed by atoms with Crippen LogP contribution in [0.2, 0.25) is 0 Å². The van der Waals surface area contributed by atoms with Crippen molar-refractivity contribution in [2.75, 3.05) is 12.3 Å². The average Bonchev–Trinajstić information content (AvgIpc) is 2.32. The van der Waals surface area contributed by atoms with E-state index in [1.54, 1.807) is 0 Å². The van der Waals surface area contributed by atoms with E-state index in [0.717, 1.165) is 25.7 Å². The molecule has 0 aliphatic rings. The summed E-state index contributed by atoms with van der Waals surface area (Å²) in [6.45, 7) is 2.53. The second kappa shape index (κ2) is 7.06. The zero-order valence-corrected chi connectivity index (χ0v) is 12.7. The Labute approximate surface area is 116 Å². The number of nitrogens with two attached hydrogens (primary N) is 1. The molecule has 7 heteroatoms. The summed E-state index contributed by atoms with van der Waals surface area (Å²) in [5.74, 6) is 0.0132. The molecule has 1 heterocycles. The minimum Gasteiger partial charge on any atom is -0.383 e. The number of nitrogens with zero attached hydrogens (tertiary/aromatic N) is 1. The van der Waals surface area contributed by atoms with E-state index >= 15 is 0 Å². The van der Waals surface area contributed by atoms with Gasteiger partial charge in [0.25, 0.3) is 0 Å². The van der Waals surface area contributed by atoms with Crippen LogP contribution in [0.4, 0.5) is 5.82 Å². The first kappa shape index (κ1) is 15.4. The van der Waals surface area contributed by atoms with E-state index in [1.165, 1.54) is 12.3 Å². The maximum absolute atomic E-state index is 12.0. The summed E-state index contributed by atoms with van der Waals surface area (Å²) in [7, 11) is -3.57. The van der Waals surface area contributed by atoms with Gasteiger partial charge in [0.2, 0.25) is 10.0 Å². The Hall–Kier alpha value is -0.660. The van der Waals surface area contributed by atoms with Gasteiger partial charge in [-0.25, -0.2) is 18.1 Å². The van der Waals surface area contributed by atoms with E-state index < -0.39 is 10.0 Å². The zero-order chi connectivity index (χ0) is 13.6. The standard InChI is InChI=1S/C11H18BrN3O2S/c1-2-3-4-5-6-15-18(16,17)10-7-9(12)8-14-11(10)13/h7-8,15H,2-6H2,1H3,(H2,13,14). The number of hydrogen-bond donors (Lipinski definition) is 2. The van der Waals surface area contributed by atoms with Crippen molar-refractivity contribution in [2.45, 2.75) is 37.5 Å². The number of nitrogen functional groups attached to an aromatic ring is 1. The first-order valence-electron chi connectivity index (χ1n) is 5.88. The topological polar surface area (TPSA) is 85.1 Å². The van der Waals surface area contributed by atoms with Crippen LogP contribution < -0.4 is 10.5 Å². The SMILES string of the molecule is CCCCCCNS(=O)(=O)c1cc(Br)cnc1N. The summed E-state index contributed by atoms with van der Waals surface area (Å²) in [4.78, 5) is 3.84. The summed E-state index contributed by atoms with van der Waals surface area (Å²) in [6.07, 6.45) is 5.55. The maximum Gasteiger partial charge on any atom is 0.244 e. The van der Waals surface area contributed by atoms with Crippen molar-refractivity contribution in [2.24, 2.45) is 0 Å². The molecule has 0 bridgehead atoms. The highest BCUT2D eigenvalue weighted by atomic mass is 79.9. The number of sulfonamides is 1. The number of unbranched alkanes of at least 4 members (excludes halogenated alkanes) is 3. The third-order valence-electron chi connectivity index (χ3n) is 2.46. The number of aromatic nitrogens is 1. The largest absolute Gasteiger partial charge is 0.383 e. The van der Waals surface area contributed by atoms with Crippen LogP contribution in [-0.4, -0.2) is 19.9 Å². The number of nitrogens with one attached hydrogen (secondary N) is 1. The molecule has 1 aromatic heterocycles. The van der Waals surface area contributed by atoms with Crippen LogP contribution in [0.5, 0.6) is 0 Å². The van der Waals surface area contributed by atoms with Gasteiger partial charge >= 0.3 is 0 Å². The van der Waals surface area contributed by atoms with E-state index in [-0.39, 0.29) is 10.7 Å². The Morgan fingerprint density at radius 1 is 1.39 bits per heavy atom. The number of halogens is 1. The summed E-state index contributed by atoms with van der Waals surface area (Å²) in [6, 6.07) is 1.46. The molecule has 1 aromatic rings. The first-order chi connectivity index (χ1) is 8.47. The molecule has 0 saturated carbocycles. The summed E-state index contributed by atoms with van der Waals surface area (Å²) in [5, 5.41) is 0. The monoisotopic (exact) mass is 335 g/mol. The lowest BCUT2D eigenvalue weighted by Crippen LogP contribution is -2.26. The minimum absolute atomic E-state index is 0.0132. The fourth-order valence-corrected chi connectivity index (χ4v) is 3.14. The third-order valence-corrected chi connectivity index (χ3v) is 4.38. The van der Waals surface area contributed by atoms with Gasteiger partial charge in [-0.15, -0.1) is 0 Å². The fraction of sp³-hybridized carbons (Fsp3) is 0.545. The predicted molar refractivity (Wildman–Crippen MR) is 75.7 cm³/mol. The van der Waals surface area contributed by atoms with Gasteiger partial charge in [0.1, 0.15) is 10.7 Å². The van der Waals surface area contributed by atoms with Crippen LogP contribution in [0, 0.1) is 0 Å². The Bertz CT molecular complexity index is 491. The van der Waals surface area contributed by atoms with E-state index in [1.807, 2.05) is 0 Å². The normalized spacial score (nSPS) is 11.7. The molecule has 0 fully saturated rings. The molecule has 0 atom stereocenters. The molecule has 0 saturated heterocycles. The number of hydrogen-bond acceptors (Lipinski definition) is 4. The minimum atomic E-state index is -3.57. The fourth-order valence-electron chi connectivity index (χ4n) is 1.48. The van der Waals surface area contributed by atoms with Gasteiger partial charge in [-0.3, -0.25) is 0 Å². The molecular weight excluding hydrogens is 318 g/mol. The Morgan fingerprint density at radius 3 is 2.78 bits per heavy atom. The Kier molecular flexibility index (Phi) is 6.04. The Balaban J connectivity index is 2.66. The van der Waals surface area contributed by atoms with Crippen LogP contribution in [0.1, 0.15) is 32.6 Å². The second-order valence-electron chi connectivity index (χ2n) is 4.00. The van der Waals surface area contributed by atoms with Crippen molar-refractivity contribution in [1.29, 1.82) is 0 Å². The summed E-state index contributed by atoms with van der Waals surface area (Å²) < 4.78 is 27.1. The van der Waals surface area contributed by atoms with Crippen LogP contribution >= 0.6 is 15.9 Å². The molecule has 102 valence electrons. The summed E-state index contributed by atoms with van der Waals surface area (Å²) in [5.41, 5.74) is 5.58. The lowest BCUT2D eigenvalue weighted by molar-refractivity contribution is 0.573. The van der Waals surface area contributed by atoms with Crippen LogP contribution in [0.3, 0.4) is 0 Å². The highest BCUT2D eigenvalue weighted by Crippen LogP contribution is 2.20. The van der Waals surface area contributed by atoms with Gasteiger partial charge in [0.05, 0.1) is 0 Å². The molecule has 0 radical (unpaired) electrons. The highest BCUT2D eigenvalue weighted by molar-refractivity contribution is 9.10. The number of pyridine rings is 1. The molecular formula is C11H18BrN3O2S. The molecule has 0 aromatic carbocycles. The maximum atomic E-state index is 12.0. The molecule has 0 unspecified atom stereocenters. The average molecular weight is 336 g/mol. The lowest BCUT2D eigenvalue weighted by atomic mass is 10.2. The van der Waals surface area contributed by atoms with Crippen molar-refractivity contribution in [3.63, 3.8) is 0 Å². The van der Waals surface area contributed by atoms with E-state index in [2.05, 4.69) is 32.6 Å². The third kappa shape index (κ3) is 4.55. The molecule has 1 rings (SSSR count). The van der Waals surface area contributed by atoms with Crippen LogP contribution in [0.15, 0.2) is 21.6 Å². The second-order valence-corrected chi connectivity index (χ2v) is 6.65. The molecule has 0 aliphatic carbocycles. The lowest BCUT2D eigenvalue weighted by Gasteiger charge is -2.08. The summed E-state index contributed by atoms with van der Waals surface area (Å²) >= 11 is 3.18. The van der Waals surface area contributed by atoms with Crippen LogP contribution in [-0.2, 0) is 10.0 Å². The van der Waals surface area contributed by atoms with E-state index in [9.17, 15) is 8.42 Å². The van der Waals surface area contributed by atoms with E-state index in [0.29, 0.717) is 11.0 Å². The van der Waals surface area contributed by atoms with Gasteiger partial charge in [0, 0.05) is 17.2 Å². The van der Waals surface area contributed by atoms with Gasteiger partial charge in [0.15, 0.2) is 0 Å². The van der Waals surface area contributed by atoms with Crippen molar-refractivity contribution in [3.8, 4) is 0 Å². The molecule has 5 nitrogen and oxygen atoms in total. The Morgan fingerprint density at radius 2 is 2.11 bits per heavy atom. The van der Waals surface area contributed by atoms with Crippen molar-refractivity contribution < 1.29 is 8.42 Å². The van der Waals surface area contributed by atoms with Crippen molar-refractivity contribution in [1.82, 2.24) is 9.71 Å². The molecule has 0 spiro atoms. The van der Waals surface area contributed by atoms with E-state index in [4.69, 9.17) is 5.73 Å². The molecule has 3 N–H and O–H groups in total. The smallest absolute Gasteiger partial charge is 0.244 e. The molecule has 0 aliphatic heterocycles. The van der Waals surface area contributed by atoms with Crippen molar-refractivity contribution in [3.05, 3.63) is 16.7 Å². The van der Waals surface area contributed by atoms with Gasteiger partial charge in [-0.1, -0.05) is 26.2 Å². The van der Waals surface area contributed by atoms with Crippen molar-refractivity contribution >= 4 is 31.8 Å². The van der Waals surface area contributed by atoms with Gasteiger partial charge in [-0.2, -0.15) is 0 Å². The quantitative estimate of drug-likeness (QED) is 0.748. The first-order valence-corrected chi connectivity index (χ1v) is 8.15. The van der Waals surface area contributed by atoms with Crippen LogP contribution in [0.25, 0.3) is 0 Å². The molecule has 0 amide bonds. The highest BCUT2D eigenvalue weighted by Gasteiger charge is 2.18. The van der Waals surface area contributed by atoms with Gasteiger partial charge in [-0.05, 0) is 28.4 Å². The number of anilines is 1.